The van der Waals surface area contributed by atoms with Gasteiger partial charge in [-0.25, -0.2) is 29.5 Å². The summed E-state index contributed by atoms with van der Waals surface area (Å²) in [5, 5.41) is 14.6. The molecule has 8 rings (SSSR count). The molecule has 2 aromatic carbocycles. The van der Waals surface area contributed by atoms with E-state index in [1.54, 1.807) is 24.3 Å². The number of aromatic carboxylic acids is 1. The van der Waals surface area contributed by atoms with Crippen molar-refractivity contribution in [2.45, 2.75) is 50.6 Å². The van der Waals surface area contributed by atoms with Gasteiger partial charge in [0.2, 0.25) is 0 Å². The molecule has 1 N–H and O–H groups in total. The third-order valence-electron chi connectivity index (χ3n) is 10.1. The van der Waals surface area contributed by atoms with Crippen molar-refractivity contribution in [3.63, 3.8) is 0 Å². The fourth-order valence-corrected chi connectivity index (χ4v) is 8.99. The van der Waals surface area contributed by atoms with Gasteiger partial charge in [-0.05, 0) is 87.1 Å². The van der Waals surface area contributed by atoms with Crippen molar-refractivity contribution < 1.29 is 38.5 Å². The first-order valence-electron chi connectivity index (χ1n) is 19.9. The Morgan fingerprint density at radius 1 is 0.590 bits per heavy atom. The molecule has 6 aromatic rings. The van der Waals surface area contributed by atoms with Gasteiger partial charge >= 0.3 is 11.9 Å². The number of esters is 1. The zero-order valence-electron chi connectivity index (χ0n) is 33.4. The van der Waals surface area contributed by atoms with Gasteiger partial charge in [0.05, 0.1) is 42.0 Å². The number of likely N-dealkylation sites (tertiary alicyclic amines) is 2. The van der Waals surface area contributed by atoms with Gasteiger partial charge in [-0.2, -0.15) is 0 Å². The second-order valence-corrected chi connectivity index (χ2v) is 15.9. The van der Waals surface area contributed by atoms with Gasteiger partial charge in [0.15, 0.2) is 13.2 Å². The van der Waals surface area contributed by atoms with Crippen LogP contribution in [0.4, 0.5) is 0 Å². The first-order valence-corrected chi connectivity index (χ1v) is 21.6. The summed E-state index contributed by atoms with van der Waals surface area (Å²) in [6.07, 6.45) is 5.68. The SMILES string of the molecule is COC(=O)c1cccc(-c2csc([C@H]3CCCCN3C(=O)COc3ccccc3)n2)n1.O=C(O)c1cccc(-c2csc([C@H]3CCCCN3C(=O)COc3ccccc3)n2)n1. The highest BCUT2D eigenvalue weighted by atomic mass is 32.1. The largest absolute Gasteiger partial charge is 0.484 e. The number of thiazole rings is 2. The lowest BCUT2D eigenvalue weighted by Crippen LogP contribution is -2.41. The molecular weight excluding hydrogens is 817 g/mol. The number of hydrogen-bond acceptors (Lipinski definition) is 13. The number of amides is 2. The van der Waals surface area contributed by atoms with E-state index in [4.69, 9.17) is 24.3 Å². The third kappa shape index (κ3) is 11.0. The number of carbonyl (C=O) groups is 4. The van der Waals surface area contributed by atoms with Gasteiger partial charge in [-0.1, -0.05) is 48.5 Å². The summed E-state index contributed by atoms with van der Waals surface area (Å²) in [6.45, 7) is 1.35. The van der Waals surface area contributed by atoms with Crippen LogP contribution in [0, 0.1) is 0 Å². The Hall–Kier alpha value is -6.52. The van der Waals surface area contributed by atoms with Crippen molar-refractivity contribution in [1.82, 2.24) is 29.7 Å². The molecule has 0 saturated carbocycles. The summed E-state index contributed by atoms with van der Waals surface area (Å²) in [5.41, 5.74) is 2.64. The first kappa shape index (κ1) is 42.6. The maximum atomic E-state index is 12.9. The number of carboxylic acids is 1. The molecule has 0 spiro atoms. The number of hydrogen-bond donors (Lipinski definition) is 1. The number of piperidine rings is 2. The summed E-state index contributed by atoms with van der Waals surface area (Å²) in [4.78, 5) is 70.4. The molecule has 2 saturated heterocycles. The zero-order valence-corrected chi connectivity index (χ0v) is 35.1. The van der Waals surface area contributed by atoms with E-state index in [0.29, 0.717) is 47.4 Å². The third-order valence-corrected chi connectivity index (χ3v) is 12.0. The zero-order chi connectivity index (χ0) is 42.6. The number of ether oxygens (including phenoxy) is 3. The van der Waals surface area contributed by atoms with Crippen LogP contribution in [-0.4, -0.2) is 92.0 Å². The van der Waals surface area contributed by atoms with Gasteiger partial charge in [0, 0.05) is 23.8 Å². The summed E-state index contributed by atoms with van der Waals surface area (Å²) in [5.74, 6) is -0.324. The van der Waals surface area contributed by atoms with Crippen LogP contribution in [0.5, 0.6) is 11.5 Å². The summed E-state index contributed by atoms with van der Waals surface area (Å²) in [6, 6.07) is 28.5. The molecule has 6 heterocycles. The van der Waals surface area contributed by atoms with Crippen molar-refractivity contribution >= 4 is 46.4 Å². The van der Waals surface area contributed by atoms with Crippen LogP contribution in [0.15, 0.2) is 108 Å². The average Bonchev–Trinajstić information content (AvgIpc) is 4.03. The number of methoxy groups -OCH3 is 1. The van der Waals surface area contributed by atoms with E-state index in [2.05, 4.69) is 15.0 Å². The molecule has 0 radical (unpaired) electrons. The van der Waals surface area contributed by atoms with Crippen LogP contribution in [0.3, 0.4) is 0 Å². The van der Waals surface area contributed by atoms with E-state index in [1.165, 1.54) is 35.8 Å². The monoisotopic (exact) mass is 860 g/mol. The van der Waals surface area contributed by atoms with E-state index >= 15 is 0 Å². The average molecular weight is 861 g/mol. The van der Waals surface area contributed by atoms with Gasteiger partial charge in [0.25, 0.3) is 11.8 Å². The molecule has 0 aliphatic carbocycles. The normalized spacial score (nSPS) is 16.1. The molecule has 2 fully saturated rings. The molecule has 14 nitrogen and oxygen atoms in total. The lowest BCUT2D eigenvalue weighted by Gasteiger charge is -2.34. The molecule has 2 atom stereocenters. The molecule has 16 heteroatoms. The Bertz CT molecular complexity index is 2430. The van der Waals surface area contributed by atoms with E-state index in [1.807, 2.05) is 87.3 Å². The number of carboxylic acid groups (broad SMARTS) is 1. The van der Waals surface area contributed by atoms with Crippen molar-refractivity contribution in [2.75, 3.05) is 33.4 Å². The van der Waals surface area contributed by atoms with E-state index in [9.17, 15) is 19.2 Å². The summed E-state index contributed by atoms with van der Waals surface area (Å²) in [7, 11) is 1.33. The lowest BCUT2D eigenvalue weighted by atomic mass is 10.0. The van der Waals surface area contributed by atoms with Gasteiger partial charge in [0.1, 0.15) is 32.9 Å². The highest BCUT2D eigenvalue weighted by Gasteiger charge is 2.32. The number of rotatable bonds is 12. The molecular formula is C45H44N6O8S2. The number of pyridine rings is 2. The summed E-state index contributed by atoms with van der Waals surface area (Å²) < 4.78 is 16.1. The highest BCUT2D eigenvalue weighted by Crippen LogP contribution is 2.36. The highest BCUT2D eigenvalue weighted by molar-refractivity contribution is 7.10. The second-order valence-electron chi connectivity index (χ2n) is 14.2. The second kappa shape index (κ2) is 20.6. The van der Waals surface area contributed by atoms with Crippen LogP contribution in [0.2, 0.25) is 0 Å². The number of aromatic nitrogens is 4. The Kier molecular flexibility index (Phi) is 14.4. The van der Waals surface area contributed by atoms with E-state index in [-0.39, 0.29) is 48.5 Å². The maximum Gasteiger partial charge on any atom is 0.356 e. The number of para-hydroxylation sites is 2. The number of benzene rings is 2. The Morgan fingerprint density at radius 3 is 1.51 bits per heavy atom. The Morgan fingerprint density at radius 2 is 1.05 bits per heavy atom. The molecule has 2 aliphatic rings. The number of carbonyl (C=O) groups excluding carboxylic acids is 3. The minimum Gasteiger partial charge on any atom is -0.484 e. The minimum atomic E-state index is -1.07. The van der Waals surface area contributed by atoms with Crippen LogP contribution in [-0.2, 0) is 14.3 Å². The molecule has 2 amide bonds. The Labute approximate surface area is 360 Å². The standard InChI is InChI=1S/C23H23N3O4S.C22H21N3O4S/c1-29-23(28)18-11-7-10-17(24-18)19-15-31-22(25-19)20-12-5-6-13-26(20)21(27)14-30-16-8-3-2-4-9-16;26-20(13-29-15-7-2-1-3-8-15)25-12-5-4-11-19(25)21-24-18(14-30-21)16-9-6-10-17(23-16)22(27)28/h2-4,7-11,15,20H,5-6,12-14H2,1H3;1-3,6-10,14,19H,4-5,11-13H2,(H,27,28)/t20-;19-/m11/s1. The Balaban J connectivity index is 0.000000184. The number of nitrogens with zero attached hydrogens (tertiary/aromatic N) is 6. The van der Waals surface area contributed by atoms with Crippen LogP contribution in [0.25, 0.3) is 22.8 Å². The van der Waals surface area contributed by atoms with Crippen molar-refractivity contribution in [3.05, 3.63) is 129 Å². The van der Waals surface area contributed by atoms with Gasteiger partial charge in [-0.15, -0.1) is 22.7 Å². The van der Waals surface area contributed by atoms with Gasteiger partial charge < -0.3 is 29.1 Å². The predicted octanol–water partition coefficient (Wildman–Crippen LogP) is 8.16. The van der Waals surface area contributed by atoms with Gasteiger partial charge in [-0.3, -0.25) is 9.59 Å². The smallest absolute Gasteiger partial charge is 0.356 e. The molecule has 2 aliphatic heterocycles. The molecule has 314 valence electrons. The summed E-state index contributed by atoms with van der Waals surface area (Å²) >= 11 is 2.97. The van der Waals surface area contributed by atoms with Crippen molar-refractivity contribution in [2.24, 2.45) is 0 Å². The van der Waals surface area contributed by atoms with Crippen molar-refractivity contribution in [3.8, 4) is 34.3 Å². The molecule has 0 bridgehead atoms. The predicted molar refractivity (Wildman–Crippen MR) is 229 cm³/mol. The quantitative estimate of drug-likeness (QED) is 0.117. The molecule has 61 heavy (non-hydrogen) atoms. The maximum absolute atomic E-state index is 12.9. The van der Waals surface area contributed by atoms with Crippen molar-refractivity contribution in [1.29, 1.82) is 0 Å². The van der Waals surface area contributed by atoms with Crippen LogP contribution in [0.1, 0.15) is 81.6 Å². The fraction of sp³-hybridized carbons (Fsp3) is 0.289. The van der Waals surface area contributed by atoms with Crippen LogP contribution < -0.4 is 9.47 Å². The van der Waals surface area contributed by atoms with E-state index < -0.39 is 11.9 Å². The minimum absolute atomic E-state index is 0.00146. The topological polar surface area (TPSA) is 174 Å². The fourth-order valence-electron chi connectivity index (χ4n) is 7.07. The van der Waals surface area contributed by atoms with Crippen LogP contribution >= 0.6 is 22.7 Å². The molecule has 0 unspecified atom stereocenters. The molecule has 4 aromatic heterocycles. The van der Waals surface area contributed by atoms with E-state index in [0.717, 1.165) is 48.5 Å². The first-order chi connectivity index (χ1) is 29.8. The lowest BCUT2D eigenvalue weighted by molar-refractivity contribution is -0.138.